The zero-order valence-corrected chi connectivity index (χ0v) is 22.5. The lowest BCUT2D eigenvalue weighted by atomic mass is 10.1. The molecule has 0 bridgehead atoms. The van der Waals surface area contributed by atoms with Gasteiger partial charge in [0.15, 0.2) is 11.5 Å². The molecule has 3 rings (SSSR count). The summed E-state index contributed by atoms with van der Waals surface area (Å²) in [6, 6.07) is 21.5. The largest absolute Gasteiger partial charge is 0.497 e. The van der Waals surface area contributed by atoms with Gasteiger partial charge in [-0.15, -0.1) is 0 Å². The number of carbonyl (C=O) groups excluding carboxylic acids is 1. The van der Waals surface area contributed by atoms with E-state index in [-0.39, 0.29) is 29.8 Å². The summed E-state index contributed by atoms with van der Waals surface area (Å²) in [6.45, 7) is 4.62. The average Bonchev–Trinajstić information content (AvgIpc) is 2.91. The second-order valence-electron chi connectivity index (χ2n) is 8.75. The molecule has 0 aliphatic heterocycles. The van der Waals surface area contributed by atoms with Crippen LogP contribution in [0.1, 0.15) is 25.0 Å². The molecular weight excluding hydrogens is 492 g/mol. The molecule has 0 aromatic heterocycles. The van der Waals surface area contributed by atoms with Crippen LogP contribution in [0, 0.1) is 5.92 Å². The molecule has 37 heavy (non-hydrogen) atoms. The molecule has 0 unspecified atom stereocenters. The van der Waals surface area contributed by atoms with Crippen molar-refractivity contribution < 1.29 is 27.4 Å². The minimum absolute atomic E-state index is 0.0717. The van der Waals surface area contributed by atoms with Crippen LogP contribution in [-0.2, 0) is 28.0 Å². The summed E-state index contributed by atoms with van der Waals surface area (Å²) in [4.78, 5) is 14.7. The molecule has 0 atom stereocenters. The van der Waals surface area contributed by atoms with Gasteiger partial charge in [-0.2, -0.15) is 0 Å². The first-order valence-electron chi connectivity index (χ1n) is 12.0. The number of methoxy groups -OCH3 is 2. The molecule has 3 aromatic carbocycles. The van der Waals surface area contributed by atoms with Crippen LogP contribution in [0.4, 0.5) is 0 Å². The van der Waals surface area contributed by atoms with E-state index in [1.807, 2.05) is 62.4 Å². The Labute approximate surface area is 219 Å². The Morgan fingerprint density at radius 3 is 2.22 bits per heavy atom. The van der Waals surface area contributed by atoms with Crippen molar-refractivity contribution in [3.63, 3.8) is 0 Å². The summed E-state index contributed by atoms with van der Waals surface area (Å²) in [5.74, 6) is 1.41. The molecule has 1 N–H and O–H groups in total. The van der Waals surface area contributed by atoms with E-state index in [2.05, 4.69) is 4.72 Å². The number of benzene rings is 3. The third kappa shape index (κ3) is 7.96. The van der Waals surface area contributed by atoms with Gasteiger partial charge in [0.25, 0.3) is 0 Å². The SMILES string of the molecule is COc1ccc(S(=O)(=O)NCCN(Cc2ccc(OCc3ccccc3)c(OC)c2)C(=O)C(C)C)cc1. The number of hydrogen-bond donors (Lipinski definition) is 1. The highest BCUT2D eigenvalue weighted by Crippen LogP contribution is 2.29. The number of carbonyl (C=O) groups is 1. The summed E-state index contributed by atoms with van der Waals surface area (Å²) in [5.41, 5.74) is 1.88. The second kappa shape index (κ2) is 13.1. The molecule has 0 saturated carbocycles. The van der Waals surface area contributed by atoms with Gasteiger partial charge in [0.2, 0.25) is 15.9 Å². The Morgan fingerprint density at radius 1 is 0.892 bits per heavy atom. The van der Waals surface area contributed by atoms with Gasteiger partial charge >= 0.3 is 0 Å². The second-order valence-corrected chi connectivity index (χ2v) is 10.5. The van der Waals surface area contributed by atoms with Crippen LogP contribution in [0.2, 0.25) is 0 Å². The summed E-state index contributed by atoms with van der Waals surface area (Å²) >= 11 is 0. The molecule has 3 aromatic rings. The van der Waals surface area contributed by atoms with Crippen molar-refractivity contribution in [1.82, 2.24) is 9.62 Å². The van der Waals surface area contributed by atoms with Gasteiger partial charge in [0.05, 0.1) is 19.1 Å². The van der Waals surface area contributed by atoms with Crippen molar-refractivity contribution in [3.8, 4) is 17.2 Å². The fraction of sp³-hybridized carbons (Fsp3) is 0.321. The van der Waals surface area contributed by atoms with Crippen LogP contribution in [0.3, 0.4) is 0 Å². The molecule has 0 saturated heterocycles. The van der Waals surface area contributed by atoms with E-state index >= 15 is 0 Å². The van der Waals surface area contributed by atoms with Gasteiger partial charge in [-0.05, 0) is 47.5 Å². The van der Waals surface area contributed by atoms with Crippen LogP contribution in [0.15, 0.2) is 77.7 Å². The lowest BCUT2D eigenvalue weighted by Crippen LogP contribution is -2.40. The number of rotatable bonds is 13. The van der Waals surface area contributed by atoms with E-state index in [4.69, 9.17) is 14.2 Å². The predicted molar refractivity (Wildman–Crippen MR) is 142 cm³/mol. The topological polar surface area (TPSA) is 94.2 Å². The van der Waals surface area contributed by atoms with Crippen LogP contribution in [0.5, 0.6) is 17.2 Å². The molecule has 0 heterocycles. The third-order valence-corrected chi connectivity index (χ3v) is 7.16. The lowest BCUT2D eigenvalue weighted by Gasteiger charge is -2.25. The molecule has 198 valence electrons. The molecule has 0 spiro atoms. The first-order valence-corrected chi connectivity index (χ1v) is 13.5. The number of nitrogens with one attached hydrogen (secondary N) is 1. The van der Waals surface area contributed by atoms with Gasteiger partial charge in [0.1, 0.15) is 12.4 Å². The molecular formula is C28H34N2O6S. The Morgan fingerprint density at radius 2 is 1.59 bits per heavy atom. The number of sulfonamides is 1. The zero-order chi connectivity index (χ0) is 26.8. The van der Waals surface area contributed by atoms with Crippen LogP contribution >= 0.6 is 0 Å². The molecule has 0 fully saturated rings. The lowest BCUT2D eigenvalue weighted by molar-refractivity contribution is -0.135. The third-order valence-electron chi connectivity index (χ3n) is 5.69. The monoisotopic (exact) mass is 526 g/mol. The number of hydrogen-bond acceptors (Lipinski definition) is 6. The van der Waals surface area contributed by atoms with Crippen LogP contribution < -0.4 is 18.9 Å². The molecule has 0 radical (unpaired) electrons. The quantitative estimate of drug-likeness (QED) is 0.358. The number of ether oxygens (including phenoxy) is 3. The Kier molecular flexibility index (Phi) is 9.93. The first kappa shape index (κ1) is 28.0. The maximum absolute atomic E-state index is 12.9. The standard InChI is InChI=1S/C28H34N2O6S/c1-21(2)28(31)30(17-16-29-37(32,33)25-13-11-24(34-3)12-14-25)19-23-10-15-26(27(18-23)35-4)36-20-22-8-6-5-7-9-22/h5-15,18,21,29H,16-17,19-20H2,1-4H3. The summed E-state index contributed by atoms with van der Waals surface area (Å²) < 4.78 is 44.5. The van der Waals surface area contributed by atoms with Crippen molar-refractivity contribution in [2.45, 2.75) is 31.9 Å². The van der Waals surface area contributed by atoms with E-state index in [0.717, 1.165) is 11.1 Å². The highest BCUT2D eigenvalue weighted by atomic mass is 32.2. The van der Waals surface area contributed by atoms with Crippen LogP contribution in [-0.4, -0.2) is 46.5 Å². The number of amides is 1. The first-order chi connectivity index (χ1) is 17.7. The molecule has 8 nitrogen and oxygen atoms in total. The van der Waals surface area contributed by atoms with Crippen molar-refractivity contribution in [2.75, 3.05) is 27.3 Å². The molecule has 9 heteroatoms. The molecule has 0 aliphatic carbocycles. The average molecular weight is 527 g/mol. The van der Waals surface area contributed by atoms with Gasteiger partial charge in [0, 0.05) is 25.6 Å². The van der Waals surface area contributed by atoms with E-state index in [9.17, 15) is 13.2 Å². The maximum Gasteiger partial charge on any atom is 0.240 e. The summed E-state index contributed by atoms with van der Waals surface area (Å²) in [7, 11) is -0.640. The number of nitrogens with zero attached hydrogens (tertiary/aromatic N) is 1. The van der Waals surface area contributed by atoms with E-state index in [0.29, 0.717) is 30.4 Å². The molecule has 0 aliphatic rings. The van der Waals surface area contributed by atoms with Crippen molar-refractivity contribution in [3.05, 3.63) is 83.9 Å². The highest BCUT2D eigenvalue weighted by Gasteiger charge is 2.20. The van der Waals surface area contributed by atoms with Gasteiger partial charge in [-0.25, -0.2) is 13.1 Å². The Bertz CT molecular complexity index is 1260. The summed E-state index contributed by atoms with van der Waals surface area (Å²) in [6.07, 6.45) is 0. The smallest absolute Gasteiger partial charge is 0.240 e. The zero-order valence-electron chi connectivity index (χ0n) is 21.6. The van der Waals surface area contributed by atoms with Gasteiger partial charge < -0.3 is 19.1 Å². The normalized spacial score (nSPS) is 11.3. The highest BCUT2D eigenvalue weighted by molar-refractivity contribution is 7.89. The minimum Gasteiger partial charge on any atom is -0.497 e. The van der Waals surface area contributed by atoms with Crippen molar-refractivity contribution in [2.24, 2.45) is 5.92 Å². The fourth-order valence-corrected chi connectivity index (χ4v) is 4.69. The fourth-order valence-electron chi connectivity index (χ4n) is 3.67. The Hall–Kier alpha value is -3.56. The van der Waals surface area contributed by atoms with Gasteiger partial charge in [-0.3, -0.25) is 4.79 Å². The van der Waals surface area contributed by atoms with Crippen molar-refractivity contribution in [1.29, 1.82) is 0 Å². The van der Waals surface area contributed by atoms with E-state index < -0.39 is 10.0 Å². The van der Waals surface area contributed by atoms with E-state index in [1.54, 1.807) is 24.1 Å². The van der Waals surface area contributed by atoms with Crippen LogP contribution in [0.25, 0.3) is 0 Å². The predicted octanol–water partition coefficient (Wildman–Crippen LogP) is 4.25. The van der Waals surface area contributed by atoms with Gasteiger partial charge in [-0.1, -0.05) is 50.2 Å². The Balaban J connectivity index is 1.67. The summed E-state index contributed by atoms with van der Waals surface area (Å²) in [5, 5.41) is 0. The molecule has 1 amide bonds. The maximum atomic E-state index is 12.9. The minimum atomic E-state index is -3.73. The van der Waals surface area contributed by atoms with E-state index in [1.165, 1.54) is 19.2 Å². The van der Waals surface area contributed by atoms with Crippen molar-refractivity contribution >= 4 is 15.9 Å².